The zero-order valence-electron chi connectivity index (χ0n) is 8.57. The molecule has 1 aromatic carbocycles. The molecule has 0 spiro atoms. The molecule has 0 aliphatic carbocycles. The second-order valence-corrected chi connectivity index (χ2v) is 3.53. The van der Waals surface area contributed by atoms with E-state index in [1.165, 1.54) is 5.39 Å². The molecule has 0 amide bonds. The Morgan fingerprint density at radius 1 is 1.25 bits per heavy atom. The zero-order valence-corrected chi connectivity index (χ0v) is 8.57. The molecule has 2 aromatic heterocycles. The van der Waals surface area contributed by atoms with E-state index in [0.29, 0.717) is 0 Å². The van der Waals surface area contributed by atoms with E-state index in [-0.39, 0.29) is 0 Å². The van der Waals surface area contributed by atoms with Crippen LogP contribution in [0, 0.1) is 6.07 Å². The van der Waals surface area contributed by atoms with Crippen molar-refractivity contribution in [2.45, 2.75) is 0 Å². The second kappa shape index (κ2) is 3.70. The Bertz CT molecular complexity index is 599. The Morgan fingerprint density at radius 3 is 3.12 bits per heavy atom. The molecular weight excluding hydrogens is 198 g/mol. The summed E-state index contributed by atoms with van der Waals surface area (Å²) in [5, 5.41) is 4.40. The lowest BCUT2D eigenvalue weighted by Gasteiger charge is -2.04. The lowest BCUT2D eigenvalue weighted by atomic mass is 10.2. The number of anilines is 2. The Morgan fingerprint density at radius 2 is 2.25 bits per heavy atom. The Balaban J connectivity index is 1.94. The van der Waals surface area contributed by atoms with Crippen molar-refractivity contribution in [3.8, 4) is 0 Å². The summed E-state index contributed by atoms with van der Waals surface area (Å²) in [7, 11) is 0. The molecule has 0 saturated carbocycles. The average molecular weight is 208 g/mol. The minimum absolute atomic E-state index is 0.730. The number of nitrogens with zero attached hydrogens (tertiary/aromatic N) is 1. The van der Waals surface area contributed by atoms with E-state index in [1.807, 2.05) is 30.5 Å². The van der Waals surface area contributed by atoms with Crippen molar-refractivity contribution in [2.75, 3.05) is 5.32 Å². The van der Waals surface area contributed by atoms with Gasteiger partial charge in [-0.15, -0.1) is 0 Å². The average Bonchev–Trinajstić information content (AvgIpc) is 2.77. The number of aromatic nitrogens is 2. The predicted molar refractivity (Wildman–Crippen MR) is 64.7 cm³/mol. The summed E-state index contributed by atoms with van der Waals surface area (Å²) >= 11 is 0. The fraction of sp³-hybridized carbons (Fsp3) is 0. The Hall–Kier alpha value is -2.29. The van der Waals surface area contributed by atoms with Crippen LogP contribution in [0.4, 0.5) is 11.5 Å². The third kappa shape index (κ3) is 1.63. The lowest BCUT2D eigenvalue weighted by molar-refractivity contribution is 1.30. The summed E-state index contributed by atoms with van der Waals surface area (Å²) in [6.07, 6.45) is 3.67. The Kier molecular flexibility index (Phi) is 2.07. The van der Waals surface area contributed by atoms with Crippen molar-refractivity contribution in [2.24, 2.45) is 0 Å². The monoisotopic (exact) mass is 208 g/mol. The molecule has 1 radical (unpaired) electrons. The Labute approximate surface area is 93.1 Å². The van der Waals surface area contributed by atoms with E-state index >= 15 is 0 Å². The fourth-order valence-electron chi connectivity index (χ4n) is 1.66. The van der Waals surface area contributed by atoms with Gasteiger partial charge in [-0.2, -0.15) is 0 Å². The van der Waals surface area contributed by atoms with Crippen LogP contribution in [0.15, 0.2) is 48.8 Å². The molecule has 0 unspecified atom stereocenters. The molecular formula is C13H10N3. The number of hydrogen-bond donors (Lipinski definition) is 2. The van der Waals surface area contributed by atoms with E-state index in [2.05, 4.69) is 33.5 Å². The van der Waals surface area contributed by atoms with Gasteiger partial charge in [-0.05, 0) is 35.7 Å². The molecule has 0 aliphatic rings. The first-order chi connectivity index (χ1) is 7.92. The van der Waals surface area contributed by atoms with Gasteiger partial charge in [0.05, 0.1) is 0 Å². The minimum Gasteiger partial charge on any atom is -0.361 e. The SMILES string of the molecule is [c]1cccnc1Nc1ccc2cc[nH]c2c1. The van der Waals surface area contributed by atoms with Crippen molar-refractivity contribution >= 4 is 22.4 Å². The molecule has 3 heteroatoms. The third-order valence-corrected chi connectivity index (χ3v) is 2.42. The van der Waals surface area contributed by atoms with Crippen LogP contribution in [0.5, 0.6) is 0 Å². The highest BCUT2D eigenvalue weighted by Crippen LogP contribution is 2.19. The first-order valence-corrected chi connectivity index (χ1v) is 5.09. The van der Waals surface area contributed by atoms with Crippen LogP contribution in [0.1, 0.15) is 0 Å². The van der Waals surface area contributed by atoms with Crippen molar-refractivity contribution < 1.29 is 0 Å². The van der Waals surface area contributed by atoms with E-state index in [4.69, 9.17) is 0 Å². The first-order valence-electron chi connectivity index (χ1n) is 5.09. The standard InChI is InChI=1S/C13H10N3/c1-2-7-15-13(3-1)16-11-5-4-10-6-8-14-12(10)9-11/h1-2,4-9,14H,(H,15,16). The first kappa shape index (κ1) is 8.97. The van der Waals surface area contributed by atoms with E-state index in [1.54, 1.807) is 6.20 Å². The highest BCUT2D eigenvalue weighted by atomic mass is 15.0. The van der Waals surface area contributed by atoms with Crippen LogP contribution in [0.3, 0.4) is 0 Å². The van der Waals surface area contributed by atoms with Crippen LogP contribution in [-0.2, 0) is 0 Å². The van der Waals surface area contributed by atoms with Gasteiger partial charge in [0.2, 0.25) is 0 Å². The van der Waals surface area contributed by atoms with Crippen molar-refractivity contribution in [1.29, 1.82) is 0 Å². The normalized spacial score (nSPS) is 10.5. The van der Waals surface area contributed by atoms with Gasteiger partial charge in [-0.1, -0.05) is 6.07 Å². The van der Waals surface area contributed by atoms with Gasteiger partial charge in [0.15, 0.2) is 0 Å². The van der Waals surface area contributed by atoms with Gasteiger partial charge in [0, 0.05) is 29.7 Å². The number of nitrogens with one attached hydrogen (secondary N) is 2. The van der Waals surface area contributed by atoms with Crippen LogP contribution in [0.2, 0.25) is 0 Å². The molecule has 16 heavy (non-hydrogen) atoms. The molecule has 2 N–H and O–H groups in total. The van der Waals surface area contributed by atoms with E-state index < -0.39 is 0 Å². The quantitative estimate of drug-likeness (QED) is 0.679. The molecule has 2 heterocycles. The third-order valence-electron chi connectivity index (χ3n) is 2.42. The summed E-state index contributed by atoms with van der Waals surface area (Å²) in [5.74, 6) is 0.730. The van der Waals surface area contributed by atoms with Crippen LogP contribution in [-0.4, -0.2) is 9.97 Å². The topological polar surface area (TPSA) is 40.7 Å². The molecule has 0 atom stereocenters. The maximum Gasteiger partial charge on any atom is 0.138 e. The van der Waals surface area contributed by atoms with E-state index in [0.717, 1.165) is 17.0 Å². The zero-order chi connectivity index (χ0) is 10.8. The number of hydrogen-bond acceptors (Lipinski definition) is 2. The number of rotatable bonds is 2. The largest absolute Gasteiger partial charge is 0.361 e. The number of aromatic amines is 1. The molecule has 77 valence electrons. The molecule has 3 aromatic rings. The predicted octanol–water partition coefficient (Wildman–Crippen LogP) is 3.11. The number of H-pyrrole nitrogens is 1. The van der Waals surface area contributed by atoms with Crippen molar-refractivity contribution in [3.05, 3.63) is 54.9 Å². The van der Waals surface area contributed by atoms with Gasteiger partial charge in [-0.25, -0.2) is 4.98 Å². The van der Waals surface area contributed by atoms with Gasteiger partial charge in [0.25, 0.3) is 0 Å². The number of pyridine rings is 1. The molecule has 0 saturated heterocycles. The molecule has 0 fully saturated rings. The summed E-state index contributed by atoms with van der Waals surface area (Å²) in [6, 6.07) is 14.9. The highest BCUT2D eigenvalue weighted by molar-refractivity contribution is 5.83. The highest BCUT2D eigenvalue weighted by Gasteiger charge is 1.98. The lowest BCUT2D eigenvalue weighted by Crippen LogP contribution is -1.92. The fourth-order valence-corrected chi connectivity index (χ4v) is 1.66. The van der Waals surface area contributed by atoms with Crippen LogP contribution < -0.4 is 5.32 Å². The van der Waals surface area contributed by atoms with E-state index in [9.17, 15) is 0 Å². The summed E-state index contributed by atoms with van der Waals surface area (Å²) in [4.78, 5) is 7.34. The summed E-state index contributed by atoms with van der Waals surface area (Å²) in [6.45, 7) is 0. The van der Waals surface area contributed by atoms with Gasteiger partial charge >= 0.3 is 0 Å². The molecule has 0 bridgehead atoms. The number of fused-ring (bicyclic) bond motifs is 1. The second-order valence-electron chi connectivity index (χ2n) is 3.53. The molecule has 3 rings (SSSR count). The van der Waals surface area contributed by atoms with Gasteiger partial charge < -0.3 is 10.3 Å². The minimum atomic E-state index is 0.730. The van der Waals surface area contributed by atoms with Crippen molar-refractivity contribution in [3.63, 3.8) is 0 Å². The maximum absolute atomic E-state index is 4.16. The van der Waals surface area contributed by atoms with Crippen LogP contribution >= 0.6 is 0 Å². The maximum atomic E-state index is 4.16. The molecule has 0 aliphatic heterocycles. The van der Waals surface area contributed by atoms with Gasteiger partial charge in [0.1, 0.15) is 5.82 Å². The number of benzene rings is 1. The van der Waals surface area contributed by atoms with Crippen molar-refractivity contribution in [1.82, 2.24) is 9.97 Å². The smallest absolute Gasteiger partial charge is 0.138 e. The van der Waals surface area contributed by atoms with Gasteiger partial charge in [-0.3, -0.25) is 0 Å². The molecule has 3 nitrogen and oxygen atoms in total. The summed E-state index contributed by atoms with van der Waals surface area (Å²) in [5.41, 5.74) is 2.12. The van der Waals surface area contributed by atoms with Crippen LogP contribution in [0.25, 0.3) is 10.9 Å². The summed E-state index contributed by atoms with van der Waals surface area (Å²) < 4.78 is 0.